The standard InChI is InChI=1S/C31H46N4O6S/c1-30(2,3)40-27(36)21-33-16-14-24(15-17-33)28-25-11-10-23(20-26(25)35(32-28)42(7,38)39)9-8-22-12-18-34(19-13-22)29(37)41-31(4,5)6/h8-11,20,22,24H,12-19,21H2,1-7H3/b9-8+. The maximum atomic E-state index is 12.7. The van der Waals surface area contributed by atoms with Gasteiger partial charge in [0.2, 0.25) is 0 Å². The number of hydrogen-bond acceptors (Lipinski definition) is 8. The topological polar surface area (TPSA) is 111 Å². The molecule has 2 aromatic rings. The SMILES string of the molecule is CC(C)(C)OC(=O)CN1CCC(c2nn(S(C)(=O)=O)c3cc(/C=C/C4CCN(C(=O)OC(C)(C)C)CC4)ccc23)CC1. The lowest BCUT2D eigenvalue weighted by atomic mass is 9.91. The minimum Gasteiger partial charge on any atom is -0.459 e. The van der Waals surface area contributed by atoms with Crippen LogP contribution < -0.4 is 0 Å². The van der Waals surface area contributed by atoms with Gasteiger partial charge in [-0.2, -0.15) is 9.19 Å². The summed E-state index contributed by atoms with van der Waals surface area (Å²) < 4.78 is 37.5. The molecule has 0 radical (unpaired) electrons. The summed E-state index contributed by atoms with van der Waals surface area (Å²) in [7, 11) is -3.61. The van der Waals surface area contributed by atoms with Crippen LogP contribution in [0.15, 0.2) is 24.3 Å². The molecule has 42 heavy (non-hydrogen) atoms. The number of ether oxygens (including phenoxy) is 2. The first-order valence-electron chi connectivity index (χ1n) is 14.8. The molecule has 10 nitrogen and oxygen atoms in total. The van der Waals surface area contributed by atoms with Crippen molar-refractivity contribution in [3.63, 3.8) is 0 Å². The molecule has 0 atom stereocenters. The van der Waals surface area contributed by atoms with Crippen molar-refractivity contribution in [2.75, 3.05) is 39.0 Å². The van der Waals surface area contributed by atoms with Gasteiger partial charge in [-0.25, -0.2) is 13.2 Å². The number of rotatable bonds is 6. The van der Waals surface area contributed by atoms with Crippen LogP contribution in [0.3, 0.4) is 0 Å². The van der Waals surface area contributed by atoms with Crippen molar-refractivity contribution in [3.05, 3.63) is 35.5 Å². The minimum absolute atomic E-state index is 0.0990. The molecule has 4 rings (SSSR count). The summed E-state index contributed by atoms with van der Waals surface area (Å²) in [5.74, 6) is 0.185. The van der Waals surface area contributed by atoms with Gasteiger partial charge in [-0.3, -0.25) is 9.69 Å². The number of piperidine rings is 2. The summed E-state index contributed by atoms with van der Waals surface area (Å²) in [6.45, 7) is 14.1. The molecule has 11 heteroatoms. The third kappa shape index (κ3) is 8.56. The van der Waals surface area contributed by atoms with E-state index in [9.17, 15) is 18.0 Å². The molecule has 0 bridgehead atoms. The first-order chi connectivity index (χ1) is 19.5. The first-order valence-corrected chi connectivity index (χ1v) is 16.7. The molecule has 2 aliphatic rings. The third-order valence-electron chi connectivity index (χ3n) is 7.52. The quantitative estimate of drug-likeness (QED) is 0.424. The zero-order valence-electron chi connectivity index (χ0n) is 26.1. The van der Waals surface area contributed by atoms with E-state index in [0.717, 1.165) is 46.4 Å². The molecule has 2 fully saturated rings. The second kappa shape index (κ2) is 12.4. The van der Waals surface area contributed by atoms with Crippen molar-refractivity contribution in [2.45, 2.75) is 84.3 Å². The number of likely N-dealkylation sites (tertiary alicyclic amines) is 2. The fourth-order valence-corrected chi connectivity index (χ4v) is 6.30. The highest BCUT2D eigenvalue weighted by molar-refractivity contribution is 7.89. The molecule has 1 aromatic carbocycles. The third-order valence-corrected chi connectivity index (χ3v) is 8.42. The van der Waals surface area contributed by atoms with E-state index in [1.807, 2.05) is 65.8 Å². The fourth-order valence-electron chi connectivity index (χ4n) is 5.56. The smallest absolute Gasteiger partial charge is 0.410 e. The van der Waals surface area contributed by atoms with E-state index in [4.69, 9.17) is 9.47 Å². The molecule has 1 aromatic heterocycles. The summed E-state index contributed by atoms with van der Waals surface area (Å²) in [6, 6.07) is 5.86. The normalized spacial score (nSPS) is 18.6. The van der Waals surface area contributed by atoms with E-state index in [1.165, 1.54) is 6.26 Å². The summed E-state index contributed by atoms with van der Waals surface area (Å²) in [4.78, 5) is 28.5. The molecule has 2 saturated heterocycles. The van der Waals surface area contributed by atoms with Crippen LogP contribution in [0.1, 0.15) is 84.4 Å². The number of fused-ring (bicyclic) bond motifs is 1. The Morgan fingerprint density at radius 1 is 0.952 bits per heavy atom. The number of esters is 1. The molecular weight excluding hydrogens is 556 g/mol. The highest BCUT2D eigenvalue weighted by atomic mass is 32.2. The number of carbonyl (C=O) groups excluding carboxylic acids is 2. The van der Waals surface area contributed by atoms with Gasteiger partial charge in [-0.15, -0.1) is 0 Å². The molecular formula is C31H46N4O6S. The van der Waals surface area contributed by atoms with Crippen LogP contribution in [0.2, 0.25) is 0 Å². The van der Waals surface area contributed by atoms with E-state index in [0.29, 0.717) is 37.6 Å². The molecule has 2 aliphatic heterocycles. The Morgan fingerprint density at radius 3 is 2.14 bits per heavy atom. The summed E-state index contributed by atoms with van der Waals surface area (Å²) in [6.07, 6.45) is 8.33. The molecule has 232 valence electrons. The Kier molecular flexibility index (Phi) is 9.42. The van der Waals surface area contributed by atoms with E-state index in [-0.39, 0.29) is 24.5 Å². The van der Waals surface area contributed by atoms with Gasteiger partial charge in [0, 0.05) is 24.4 Å². The average molecular weight is 603 g/mol. The lowest BCUT2D eigenvalue weighted by Crippen LogP contribution is -2.41. The zero-order valence-corrected chi connectivity index (χ0v) is 26.9. The Hall–Kier alpha value is -2.92. The van der Waals surface area contributed by atoms with Crippen LogP contribution in [0.5, 0.6) is 0 Å². The number of amides is 1. The van der Waals surface area contributed by atoms with E-state index in [1.54, 1.807) is 4.90 Å². The number of aromatic nitrogens is 2. The monoisotopic (exact) mass is 602 g/mol. The second-order valence-electron chi connectivity index (χ2n) is 13.6. The van der Waals surface area contributed by atoms with Crippen LogP contribution in [-0.4, -0.2) is 89.6 Å². The number of nitrogens with zero attached hydrogens (tertiary/aromatic N) is 4. The molecule has 0 N–H and O–H groups in total. The fraction of sp³-hybridized carbons (Fsp3) is 0.645. The summed E-state index contributed by atoms with van der Waals surface area (Å²) in [5, 5.41) is 5.45. The maximum Gasteiger partial charge on any atom is 0.410 e. The molecule has 0 aliphatic carbocycles. The van der Waals surface area contributed by atoms with Crippen molar-refractivity contribution in [1.29, 1.82) is 0 Å². The maximum absolute atomic E-state index is 12.7. The molecule has 1 amide bonds. The Bertz CT molecular complexity index is 1420. The van der Waals surface area contributed by atoms with Crippen LogP contribution in [0, 0.1) is 5.92 Å². The predicted molar refractivity (Wildman–Crippen MR) is 164 cm³/mol. The second-order valence-corrected chi connectivity index (χ2v) is 15.4. The van der Waals surface area contributed by atoms with Crippen molar-refractivity contribution < 1.29 is 27.5 Å². The van der Waals surface area contributed by atoms with E-state index < -0.39 is 21.2 Å². The minimum atomic E-state index is -3.61. The van der Waals surface area contributed by atoms with Crippen molar-refractivity contribution in [1.82, 2.24) is 19.0 Å². The molecule has 0 saturated carbocycles. The number of hydrogen-bond donors (Lipinski definition) is 0. The van der Waals surface area contributed by atoms with Gasteiger partial charge in [0.1, 0.15) is 11.2 Å². The number of benzene rings is 1. The highest BCUT2D eigenvalue weighted by Gasteiger charge is 2.29. The Labute approximate surface area is 250 Å². The van der Waals surface area contributed by atoms with Gasteiger partial charge in [-0.1, -0.05) is 24.3 Å². The number of carbonyl (C=O) groups is 2. The van der Waals surface area contributed by atoms with Gasteiger partial charge >= 0.3 is 12.1 Å². The van der Waals surface area contributed by atoms with Crippen molar-refractivity contribution >= 4 is 39.1 Å². The Balaban J connectivity index is 1.43. The van der Waals surface area contributed by atoms with Crippen LogP contribution >= 0.6 is 0 Å². The van der Waals surface area contributed by atoms with E-state index in [2.05, 4.69) is 16.1 Å². The van der Waals surface area contributed by atoms with Crippen molar-refractivity contribution in [3.8, 4) is 0 Å². The molecule has 3 heterocycles. The van der Waals surface area contributed by atoms with Crippen LogP contribution in [0.4, 0.5) is 4.79 Å². The van der Waals surface area contributed by atoms with Gasteiger partial charge < -0.3 is 14.4 Å². The van der Waals surface area contributed by atoms with Gasteiger partial charge in [0.25, 0.3) is 10.0 Å². The van der Waals surface area contributed by atoms with Crippen molar-refractivity contribution in [2.24, 2.45) is 5.92 Å². The van der Waals surface area contributed by atoms with E-state index >= 15 is 0 Å². The number of allylic oxidation sites excluding steroid dienone is 1. The van der Waals surface area contributed by atoms with Gasteiger partial charge in [0.05, 0.1) is 24.0 Å². The molecule has 0 unspecified atom stereocenters. The zero-order chi connectivity index (χ0) is 30.9. The average Bonchev–Trinajstić information content (AvgIpc) is 3.25. The van der Waals surface area contributed by atoms with Gasteiger partial charge in [-0.05, 0) is 97.9 Å². The van der Waals surface area contributed by atoms with Gasteiger partial charge in [0.15, 0.2) is 0 Å². The lowest BCUT2D eigenvalue weighted by molar-refractivity contribution is -0.156. The lowest BCUT2D eigenvalue weighted by Gasteiger charge is -2.32. The van der Waals surface area contributed by atoms with Crippen LogP contribution in [-0.2, 0) is 24.3 Å². The summed E-state index contributed by atoms with van der Waals surface area (Å²) in [5.41, 5.74) is 1.24. The summed E-state index contributed by atoms with van der Waals surface area (Å²) >= 11 is 0. The predicted octanol–water partition coefficient (Wildman–Crippen LogP) is 5.03. The Morgan fingerprint density at radius 2 is 1.57 bits per heavy atom. The van der Waals surface area contributed by atoms with Crippen LogP contribution in [0.25, 0.3) is 17.0 Å². The largest absolute Gasteiger partial charge is 0.459 e. The first kappa shape index (κ1) is 32.0. The highest BCUT2D eigenvalue weighted by Crippen LogP contribution is 2.34. The molecule has 0 spiro atoms.